The summed E-state index contributed by atoms with van der Waals surface area (Å²) in [4.78, 5) is 40.3. The number of amides is 2. The summed E-state index contributed by atoms with van der Waals surface area (Å²) < 4.78 is 5.15. The number of carbonyl (C=O) groups is 3. The molecule has 0 saturated carbocycles. The van der Waals surface area contributed by atoms with Crippen LogP contribution < -0.4 is 10.1 Å². The van der Waals surface area contributed by atoms with Gasteiger partial charge in [0.1, 0.15) is 11.8 Å². The third-order valence-corrected chi connectivity index (χ3v) is 6.01. The fourth-order valence-electron chi connectivity index (χ4n) is 4.07. The van der Waals surface area contributed by atoms with Gasteiger partial charge in [0.25, 0.3) is 0 Å². The van der Waals surface area contributed by atoms with Gasteiger partial charge in [0.05, 0.1) is 13.5 Å². The Kier molecular flexibility index (Phi) is 8.03. The number of benzene rings is 2. The number of hydrogen-bond donors (Lipinski definition) is 1. The molecule has 2 aromatic rings. The predicted molar refractivity (Wildman–Crippen MR) is 124 cm³/mol. The number of carbonyl (C=O) groups excluding carboxylic acids is 3. The number of ether oxygens (including phenoxy) is 1. The zero-order valence-electron chi connectivity index (χ0n) is 19.0. The van der Waals surface area contributed by atoms with Crippen LogP contribution in [0.4, 0.5) is 0 Å². The van der Waals surface area contributed by atoms with Crippen LogP contribution in [-0.4, -0.2) is 48.7 Å². The van der Waals surface area contributed by atoms with Crippen LogP contribution in [0.15, 0.2) is 54.6 Å². The number of piperidine rings is 1. The van der Waals surface area contributed by atoms with E-state index < -0.39 is 6.04 Å². The molecule has 1 aliphatic rings. The molecule has 1 N–H and O–H groups in total. The summed E-state index contributed by atoms with van der Waals surface area (Å²) in [6.45, 7) is 4.91. The summed E-state index contributed by atoms with van der Waals surface area (Å²) in [5.74, 6) is 0.468. The number of methoxy groups -OCH3 is 1. The van der Waals surface area contributed by atoms with E-state index in [2.05, 4.69) is 5.32 Å². The molecule has 0 aromatic heterocycles. The molecule has 0 radical (unpaired) electrons. The minimum atomic E-state index is -0.569. The molecule has 0 aliphatic carbocycles. The highest BCUT2D eigenvalue weighted by Gasteiger charge is 2.33. The molecule has 6 nitrogen and oxygen atoms in total. The molecule has 6 heteroatoms. The van der Waals surface area contributed by atoms with Gasteiger partial charge in [-0.05, 0) is 48.6 Å². The molecule has 3 rings (SSSR count). The van der Waals surface area contributed by atoms with Crippen molar-refractivity contribution in [3.8, 4) is 5.75 Å². The highest BCUT2D eigenvalue weighted by Crippen LogP contribution is 2.24. The third kappa shape index (κ3) is 5.96. The molecule has 32 heavy (non-hydrogen) atoms. The molecule has 1 aliphatic heterocycles. The monoisotopic (exact) mass is 436 g/mol. The molecule has 0 bridgehead atoms. The van der Waals surface area contributed by atoms with E-state index in [0.717, 1.165) is 11.3 Å². The second-order valence-electron chi connectivity index (χ2n) is 8.64. The van der Waals surface area contributed by atoms with Crippen molar-refractivity contribution in [2.45, 2.75) is 39.2 Å². The number of rotatable bonds is 8. The SMILES string of the molecule is COc1ccc(C(=O)C2CCN(C(=O)C(NC(=O)Cc3ccccc3)C(C)C)CC2)cc1. The summed E-state index contributed by atoms with van der Waals surface area (Å²) in [5, 5.41) is 2.92. The van der Waals surface area contributed by atoms with Crippen molar-refractivity contribution in [2.75, 3.05) is 20.2 Å². The Morgan fingerprint density at radius 1 is 1.00 bits per heavy atom. The Bertz CT molecular complexity index is 917. The molecule has 0 spiro atoms. The van der Waals surface area contributed by atoms with Crippen LogP contribution in [-0.2, 0) is 16.0 Å². The topological polar surface area (TPSA) is 75.7 Å². The van der Waals surface area contributed by atoms with Crippen LogP contribution in [0.25, 0.3) is 0 Å². The standard InChI is InChI=1S/C26H32N2O4/c1-18(2)24(27-23(29)17-19-7-5-4-6-8-19)26(31)28-15-13-21(14-16-28)25(30)20-9-11-22(32-3)12-10-20/h4-12,18,21,24H,13-17H2,1-3H3,(H,27,29). The van der Waals surface area contributed by atoms with E-state index in [-0.39, 0.29) is 35.9 Å². The predicted octanol–water partition coefficient (Wildman–Crippen LogP) is 3.50. The average Bonchev–Trinajstić information content (AvgIpc) is 2.82. The van der Waals surface area contributed by atoms with Gasteiger partial charge in [-0.25, -0.2) is 0 Å². The summed E-state index contributed by atoms with van der Waals surface area (Å²) in [5.41, 5.74) is 1.58. The van der Waals surface area contributed by atoms with Crippen molar-refractivity contribution < 1.29 is 19.1 Å². The van der Waals surface area contributed by atoms with Crippen LogP contribution >= 0.6 is 0 Å². The first kappa shape index (κ1) is 23.5. The zero-order chi connectivity index (χ0) is 23.1. The molecule has 1 saturated heterocycles. The molecule has 170 valence electrons. The van der Waals surface area contributed by atoms with Crippen LogP contribution in [0.3, 0.4) is 0 Å². The van der Waals surface area contributed by atoms with E-state index in [1.54, 1.807) is 36.3 Å². The minimum Gasteiger partial charge on any atom is -0.497 e. The third-order valence-electron chi connectivity index (χ3n) is 6.01. The van der Waals surface area contributed by atoms with Gasteiger partial charge >= 0.3 is 0 Å². The maximum Gasteiger partial charge on any atom is 0.245 e. The lowest BCUT2D eigenvalue weighted by molar-refractivity contribution is -0.138. The lowest BCUT2D eigenvalue weighted by atomic mass is 9.88. The first-order chi connectivity index (χ1) is 15.4. The van der Waals surface area contributed by atoms with Gasteiger partial charge in [0.2, 0.25) is 11.8 Å². The highest BCUT2D eigenvalue weighted by molar-refractivity contribution is 5.98. The van der Waals surface area contributed by atoms with Gasteiger partial charge < -0.3 is 15.0 Å². The molecular formula is C26H32N2O4. The van der Waals surface area contributed by atoms with Gasteiger partial charge in [-0.3, -0.25) is 14.4 Å². The minimum absolute atomic E-state index is 0.0270. The summed E-state index contributed by atoms with van der Waals surface area (Å²) >= 11 is 0. The number of nitrogens with one attached hydrogen (secondary N) is 1. The first-order valence-electron chi connectivity index (χ1n) is 11.2. The number of ketones is 1. The molecule has 1 heterocycles. The van der Waals surface area contributed by atoms with E-state index in [9.17, 15) is 14.4 Å². The quantitative estimate of drug-likeness (QED) is 0.643. The second-order valence-corrected chi connectivity index (χ2v) is 8.64. The van der Waals surface area contributed by atoms with Gasteiger partial charge in [0.15, 0.2) is 5.78 Å². The highest BCUT2D eigenvalue weighted by atomic mass is 16.5. The molecule has 2 amide bonds. The Morgan fingerprint density at radius 2 is 1.62 bits per heavy atom. The van der Waals surface area contributed by atoms with Crippen LogP contribution in [0.5, 0.6) is 5.75 Å². The Labute approximate surface area is 189 Å². The normalized spacial score (nSPS) is 15.3. The van der Waals surface area contributed by atoms with Crippen molar-refractivity contribution in [3.05, 3.63) is 65.7 Å². The molecule has 1 unspecified atom stereocenters. The van der Waals surface area contributed by atoms with Crippen LogP contribution in [0.2, 0.25) is 0 Å². The molecular weight excluding hydrogens is 404 g/mol. The van der Waals surface area contributed by atoms with Crippen LogP contribution in [0.1, 0.15) is 42.6 Å². The van der Waals surface area contributed by atoms with Gasteiger partial charge in [-0.15, -0.1) is 0 Å². The van der Waals surface area contributed by atoms with E-state index in [1.165, 1.54) is 0 Å². The number of hydrogen-bond acceptors (Lipinski definition) is 4. The first-order valence-corrected chi connectivity index (χ1v) is 11.2. The van der Waals surface area contributed by atoms with Crippen molar-refractivity contribution in [1.82, 2.24) is 10.2 Å². The second kappa shape index (κ2) is 10.9. The van der Waals surface area contributed by atoms with Gasteiger partial charge in [0, 0.05) is 24.6 Å². The molecule has 1 fully saturated rings. The van der Waals surface area contributed by atoms with Gasteiger partial charge in [-0.1, -0.05) is 44.2 Å². The maximum absolute atomic E-state index is 13.2. The van der Waals surface area contributed by atoms with E-state index in [0.29, 0.717) is 31.5 Å². The number of likely N-dealkylation sites (tertiary alicyclic amines) is 1. The van der Waals surface area contributed by atoms with Crippen molar-refractivity contribution in [3.63, 3.8) is 0 Å². The van der Waals surface area contributed by atoms with Crippen molar-refractivity contribution in [1.29, 1.82) is 0 Å². The Morgan fingerprint density at radius 3 is 2.19 bits per heavy atom. The van der Waals surface area contributed by atoms with E-state index >= 15 is 0 Å². The van der Waals surface area contributed by atoms with Crippen molar-refractivity contribution in [2.24, 2.45) is 11.8 Å². The fraction of sp³-hybridized carbons (Fsp3) is 0.423. The van der Waals surface area contributed by atoms with Crippen molar-refractivity contribution >= 4 is 17.6 Å². The Hall–Kier alpha value is -3.15. The summed E-state index contributed by atoms with van der Waals surface area (Å²) in [6.07, 6.45) is 1.49. The molecule has 1 atom stereocenters. The van der Waals surface area contributed by atoms with E-state index in [4.69, 9.17) is 4.74 Å². The number of Topliss-reactive ketones (excluding diaryl/α,β-unsaturated/α-hetero) is 1. The fourth-order valence-corrected chi connectivity index (χ4v) is 4.07. The molecule has 2 aromatic carbocycles. The average molecular weight is 437 g/mol. The maximum atomic E-state index is 13.2. The summed E-state index contributed by atoms with van der Waals surface area (Å²) in [7, 11) is 1.60. The Balaban J connectivity index is 1.55. The lowest BCUT2D eigenvalue weighted by Crippen LogP contribution is -2.53. The zero-order valence-corrected chi connectivity index (χ0v) is 19.0. The lowest BCUT2D eigenvalue weighted by Gasteiger charge is -2.35. The van der Waals surface area contributed by atoms with Crippen LogP contribution in [0, 0.1) is 11.8 Å². The van der Waals surface area contributed by atoms with E-state index in [1.807, 2.05) is 44.2 Å². The smallest absolute Gasteiger partial charge is 0.245 e. The summed E-state index contributed by atoms with van der Waals surface area (Å²) in [6, 6.07) is 16.1. The largest absolute Gasteiger partial charge is 0.497 e. The van der Waals surface area contributed by atoms with Gasteiger partial charge in [-0.2, -0.15) is 0 Å². The number of nitrogens with zero attached hydrogens (tertiary/aromatic N) is 1.